The van der Waals surface area contributed by atoms with Crippen LogP contribution in [-0.2, 0) is 14.1 Å². The number of rotatable bonds is 5. The summed E-state index contributed by atoms with van der Waals surface area (Å²) in [6.45, 7) is 2.35. The molecule has 0 spiro atoms. The Kier molecular flexibility index (Phi) is 4.48. The van der Waals surface area contributed by atoms with E-state index in [1.807, 2.05) is 6.92 Å². The van der Waals surface area contributed by atoms with Crippen LogP contribution in [0.4, 0.5) is 0 Å². The number of carboxylic acids is 1. The molecule has 0 aromatic carbocycles. The van der Waals surface area contributed by atoms with E-state index < -0.39 is 12.0 Å². The average molecular weight is 233 g/mol. The van der Waals surface area contributed by atoms with Crippen molar-refractivity contribution in [3.8, 4) is 0 Å². The molecular formula is C9H16NO4P. The molecule has 1 aliphatic heterocycles. The van der Waals surface area contributed by atoms with Crippen molar-refractivity contribution in [2.45, 2.75) is 25.8 Å². The molecule has 5 nitrogen and oxygen atoms in total. The molecule has 6 heteroatoms. The molecule has 1 saturated heterocycles. The summed E-state index contributed by atoms with van der Waals surface area (Å²) in [5.41, 5.74) is 0. The van der Waals surface area contributed by atoms with Gasteiger partial charge in [-0.05, 0) is 12.8 Å². The van der Waals surface area contributed by atoms with E-state index in [0.717, 1.165) is 0 Å². The summed E-state index contributed by atoms with van der Waals surface area (Å²) in [4.78, 5) is 22.4. The van der Waals surface area contributed by atoms with Gasteiger partial charge >= 0.3 is 5.97 Å². The Morgan fingerprint density at radius 2 is 2.33 bits per heavy atom. The summed E-state index contributed by atoms with van der Waals surface area (Å²) >= 11 is 0. The molecule has 1 heterocycles. The minimum Gasteiger partial charge on any atom is -0.480 e. The van der Waals surface area contributed by atoms with E-state index in [-0.39, 0.29) is 17.7 Å². The summed E-state index contributed by atoms with van der Waals surface area (Å²) in [5, 5.41) is 11.4. The van der Waals surface area contributed by atoms with Gasteiger partial charge in [-0.2, -0.15) is 0 Å². The fraction of sp³-hybridized carbons (Fsp3) is 0.778. The third-order valence-electron chi connectivity index (χ3n) is 2.86. The molecule has 0 saturated carbocycles. The number of carbonyl (C=O) groups is 2. The predicted molar refractivity (Wildman–Crippen MR) is 57.1 cm³/mol. The van der Waals surface area contributed by atoms with Gasteiger partial charge < -0.3 is 14.9 Å². The summed E-state index contributed by atoms with van der Waals surface area (Å²) in [5.74, 6) is -1.49. The predicted octanol–water partition coefficient (Wildman–Crippen LogP) is 0.409. The van der Waals surface area contributed by atoms with Gasteiger partial charge in [-0.25, -0.2) is 4.79 Å². The molecule has 1 amide bonds. The quantitative estimate of drug-likeness (QED) is 0.674. The monoisotopic (exact) mass is 233 g/mol. The SMILES string of the molecule is CC[C@@H]1[C@@H](CCOP)C(=O)N[C@H]1C(=O)O. The number of amides is 1. The first-order valence-electron chi connectivity index (χ1n) is 4.96. The van der Waals surface area contributed by atoms with Crippen LogP contribution in [0.15, 0.2) is 0 Å². The minimum atomic E-state index is -0.954. The lowest BCUT2D eigenvalue weighted by Gasteiger charge is -2.17. The number of aliphatic carboxylic acids is 1. The second-order valence-electron chi connectivity index (χ2n) is 3.66. The van der Waals surface area contributed by atoms with Crippen LogP contribution in [0.5, 0.6) is 0 Å². The van der Waals surface area contributed by atoms with Crippen molar-refractivity contribution in [2.75, 3.05) is 6.61 Å². The second-order valence-corrected chi connectivity index (χ2v) is 4.00. The van der Waals surface area contributed by atoms with Crippen LogP contribution in [-0.4, -0.2) is 29.6 Å². The average Bonchev–Trinajstić information content (AvgIpc) is 2.52. The summed E-state index contributed by atoms with van der Waals surface area (Å²) in [6, 6.07) is -0.739. The van der Waals surface area contributed by atoms with Gasteiger partial charge in [0.1, 0.15) is 6.04 Å². The van der Waals surface area contributed by atoms with Gasteiger partial charge in [0.25, 0.3) is 0 Å². The maximum atomic E-state index is 11.5. The Hall–Kier alpha value is -0.670. The van der Waals surface area contributed by atoms with Crippen LogP contribution < -0.4 is 5.32 Å². The van der Waals surface area contributed by atoms with Gasteiger partial charge in [-0.1, -0.05) is 6.92 Å². The molecule has 0 aliphatic carbocycles. The smallest absolute Gasteiger partial charge is 0.326 e. The highest BCUT2D eigenvalue weighted by Gasteiger charge is 2.44. The fourth-order valence-corrected chi connectivity index (χ4v) is 2.24. The molecule has 1 rings (SSSR count). The van der Waals surface area contributed by atoms with Crippen molar-refractivity contribution >= 4 is 21.3 Å². The first-order chi connectivity index (χ1) is 7.11. The van der Waals surface area contributed by atoms with E-state index >= 15 is 0 Å². The zero-order valence-corrected chi connectivity index (χ0v) is 9.76. The maximum Gasteiger partial charge on any atom is 0.326 e. The molecule has 1 unspecified atom stereocenters. The first-order valence-corrected chi connectivity index (χ1v) is 5.43. The Morgan fingerprint density at radius 3 is 2.80 bits per heavy atom. The molecule has 15 heavy (non-hydrogen) atoms. The van der Waals surface area contributed by atoms with Crippen molar-refractivity contribution in [1.82, 2.24) is 5.32 Å². The molecule has 1 fully saturated rings. The van der Waals surface area contributed by atoms with Gasteiger partial charge in [0, 0.05) is 21.3 Å². The van der Waals surface area contributed by atoms with Crippen LogP contribution >= 0.6 is 9.47 Å². The van der Waals surface area contributed by atoms with Crippen LogP contribution in [0.1, 0.15) is 19.8 Å². The number of carbonyl (C=O) groups excluding carboxylic acids is 1. The van der Waals surface area contributed by atoms with Gasteiger partial charge in [0.2, 0.25) is 5.91 Å². The zero-order valence-electron chi connectivity index (χ0n) is 8.60. The molecular weight excluding hydrogens is 217 g/mol. The van der Waals surface area contributed by atoms with Crippen LogP contribution in [0.2, 0.25) is 0 Å². The Labute approximate surface area is 90.9 Å². The third-order valence-corrected chi connectivity index (χ3v) is 3.10. The van der Waals surface area contributed by atoms with Gasteiger partial charge in [-0.3, -0.25) is 4.79 Å². The molecule has 2 N–H and O–H groups in total. The van der Waals surface area contributed by atoms with Crippen molar-refractivity contribution in [1.29, 1.82) is 0 Å². The van der Waals surface area contributed by atoms with Crippen LogP contribution in [0, 0.1) is 11.8 Å². The highest BCUT2D eigenvalue weighted by Crippen LogP contribution is 2.29. The maximum absolute atomic E-state index is 11.5. The van der Waals surface area contributed by atoms with Gasteiger partial charge in [0.05, 0.1) is 6.61 Å². The standard InChI is InChI=1S/C9H16NO4P/c1-2-5-6(3-4-14-15)8(11)10-7(5)9(12)13/h5-7H,2-4,15H2,1H3,(H,10,11)(H,12,13)/t5-,6-,7-/m1/s1. The Bertz CT molecular complexity index is 258. The number of hydrogen-bond donors (Lipinski definition) is 2. The summed E-state index contributed by atoms with van der Waals surface area (Å²) in [7, 11) is 2.12. The van der Waals surface area contributed by atoms with E-state index in [9.17, 15) is 9.59 Å². The molecule has 86 valence electrons. The Balaban J connectivity index is 2.69. The highest BCUT2D eigenvalue weighted by atomic mass is 31.0. The fourth-order valence-electron chi connectivity index (χ4n) is 2.10. The molecule has 0 aromatic rings. The van der Waals surface area contributed by atoms with Gasteiger partial charge in [0.15, 0.2) is 0 Å². The lowest BCUT2D eigenvalue weighted by Crippen LogP contribution is -2.36. The largest absolute Gasteiger partial charge is 0.480 e. The molecule has 0 bridgehead atoms. The van der Waals surface area contributed by atoms with E-state index in [4.69, 9.17) is 9.63 Å². The second kappa shape index (κ2) is 5.42. The Morgan fingerprint density at radius 1 is 1.67 bits per heavy atom. The molecule has 4 atom stereocenters. The van der Waals surface area contributed by atoms with Crippen molar-refractivity contribution in [3.05, 3.63) is 0 Å². The van der Waals surface area contributed by atoms with Crippen molar-refractivity contribution in [2.24, 2.45) is 11.8 Å². The summed E-state index contributed by atoms with van der Waals surface area (Å²) in [6.07, 6.45) is 1.24. The lowest BCUT2D eigenvalue weighted by atomic mass is 9.86. The third kappa shape index (κ3) is 2.67. The number of carboxylic acid groups (broad SMARTS) is 1. The number of hydrogen-bond acceptors (Lipinski definition) is 3. The van der Waals surface area contributed by atoms with Gasteiger partial charge in [-0.15, -0.1) is 0 Å². The van der Waals surface area contributed by atoms with E-state index in [0.29, 0.717) is 19.4 Å². The van der Waals surface area contributed by atoms with E-state index in [2.05, 4.69) is 14.8 Å². The van der Waals surface area contributed by atoms with Crippen molar-refractivity contribution < 1.29 is 19.2 Å². The minimum absolute atomic E-state index is 0.129. The summed E-state index contributed by atoms with van der Waals surface area (Å²) < 4.78 is 4.83. The first kappa shape index (κ1) is 12.4. The molecule has 0 aromatic heterocycles. The van der Waals surface area contributed by atoms with Crippen LogP contribution in [0.3, 0.4) is 0 Å². The molecule has 1 aliphatic rings. The number of nitrogens with one attached hydrogen (secondary N) is 1. The highest BCUT2D eigenvalue weighted by molar-refractivity contribution is 7.09. The topological polar surface area (TPSA) is 75.6 Å². The normalized spacial score (nSPS) is 30.3. The molecule has 0 radical (unpaired) electrons. The zero-order chi connectivity index (χ0) is 11.4. The van der Waals surface area contributed by atoms with Crippen LogP contribution in [0.25, 0.3) is 0 Å². The van der Waals surface area contributed by atoms with E-state index in [1.54, 1.807) is 0 Å². The lowest BCUT2D eigenvalue weighted by molar-refractivity contribution is -0.140. The van der Waals surface area contributed by atoms with E-state index in [1.165, 1.54) is 0 Å². The van der Waals surface area contributed by atoms with Crippen molar-refractivity contribution in [3.63, 3.8) is 0 Å².